The monoisotopic (exact) mass is 417 g/mol. The van der Waals surface area contributed by atoms with Crippen molar-refractivity contribution in [3.8, 4) is 0 Å². The number of amides is 1. The molecule has 1 amide bonds. The molecule has 1 N–H and O–H groups in total. The summed E-state index contributed by atoms with van der Waals surface area (Å²) < 4.78 is 26.1. The van der Waals surface area contributed by atoms with E-state index in [1.54, 1.807) is 0 Å². The minimum atomic E-state index is -1.15. The highest BCUT2D eigenvalue weighted by Crippen LogP contribution is 2.29. The zero-order valence-corrected chi connectivity index (χ0v) is 17.1. The lowest BCUT2D eigenvalue weighted by Gasteiger charge is -2.45. The standard InChI is InChI=1S/C18H27NO10/c1-9(20)19-16-13(6-7-15(24)25-5)29-14(8-26-10(2)21)17(27-11(3)22)18(16)28-12(4)23/h13-14,16-18H,6-8H2,1-5H3,(H,19,20)/t13-,14-,16+,17-,18-/m1/s1. The molecule has 11 nitrogen and oxygen atoms in total. The molecule has 29 heavy (non-hydrogen) atoms. The SMILES string of the molecule is COC(=O)CC[C@H]1O[C@H](COC(C)=O)[C@@H](OC(C)=O)[C@H](OC(C)=O)[C@H]1NC(C)=O. The van der Waals surface area contributed by atoms with E-state index >= 15 is 0 Å². The van der Waals surface area contributed by atoms with Gasteiger partial charge in [-0.1, -0.05) is 0 Å². The number of hydrogen-bond acceptors (Lipinski definition) is 10. The van der Waals surface area contributed by atoms with Gasteiger partial charge in [-0.3, -0.25) is 24.0 Å². The highest BCUT2D eigenvalue weighted by molar-refractivity contribution is 5.74. The van der Waals surface area contributed by atoms with Crippen LogP contribution in [0, 0.1) is 0 Å². The third-order valence-electron chi connectivity index (χ3n) is 4.08. The van der Waals surface area contributed by atoms with Crippen molar-refractivity contribution >= 4 is 29.8 Å². The lowest BCUT2D eigenvalue weighted by atomic mass is 9.90. The number of methoxy groups -OCH3 is 1. The fourth-order valence-electron chi connectivity index (χ4n) is 3.03. The molecule has 1 heterocycles. The molecule has 0 aromatic heterocycles. The van der Waals surface area contributed by atoms with E-state index in [-0.39, 0.29) is 19.4 Å². The van der Waals surface area contributed by atoms with Crippen LogP contribution in [-0.4, -0.2) is 74.0 Å². The molecule has 0 aromatic rings. The first-order valence-corrected chi connectivity index (χ1v) is 9.02. The molecule has 0 saturated carbocycles. The van der Waals surface area contributed by atoms with Gasteiger partial charge in [0, 0.05) is 34.1 Å². The Labute approximate surface area is 168 Å². The zero-order chi connectivity index (χ0) is 22.1. The Morgan fingerprint density at radius 3 is 1.93 bits per heavy atom. The molecule has 1 saturated heterocycles. The minimum Gasteiger partial charge on any atom is -0.469 e. The van der Waals surface area contributed by atoms with Crippen LogP contribution in [0.15, 0.2) is 0 Å². The van der Waals surface area contributed by atoms with Gasteiger partial charge in [-0.25, -0.2) is 0 Å². The Balaban J connectivity index is 3.26. The quantitative estimate of drug-likeness (QED) is 0.410. The van der Waals surface area contributed by atoms with Crippen molar-refractivity contribution in [1.29, 1.82) is 0 Å². The molecule has 5 atom stereocenters. The van der Waals surface area contributed by atoms with Gasteiger partial charge in [0.2, 0.25) is 5.91 Å². The van der Waals surface area contributed by atoms with Crippen LogP contribution >= 0.6 is 0 Å². The molecule has 1 aliphatic heterocycles. The summed E-state index contributed by atoms with van der Waals surface area (Å²) in [6, 6.07) is -0.918. The normalized spacial score (nSPS) is 26.0. The van der Waals surface area contributed by atoms with Gasteiger partial charge < -0.3 is 29.0 Å². The van der Waals surface area contributed by atoms with Gasteiger partial charge in [-0.2, -0.15) is 0 Å². The second-order valence-corrected chi connectivity index (χ2v) is 6.50. The summed E-state index contributed by atoms with van der Waals surface area (Å²) in [5.74, 6) is -2.90. The van der Waals surface area contributed by atoms with Crippen LogP contribution in [0.5, 0.6) is 0 Å². The predicted molar refractivity (Wildman–Crippen MR) is 95.3 cm³/mol. The summed E-state index contributed by atoms with van der Waals surface area (Å²) >= 11 is 0. The van der Waals surface area contributed by atoms with Crippen LogP contribution in [0.25, 0.3) is 0 Å². The zero-order valence-electron chi connectivity index (χ0n) is 17.1. The van der Waals surface area contributed by atoms with E-state index in [9.17, 15) is 24.0 Å². The summed E-state index contributed by atoms with van der Waals surface area (Å²) in [6.45, 7) is 4.49. The van der Waals surface area contributed by atoms with E-state index in [0.29, 0.717) is 0 Å². The summed E-state index contributed by atoms with van der Waals surface area (Å²) in [5, 5.41) is 2.63. The average Bonchev–Trinajstić information content (AvgIpc) is 2.60. The largest absolute Gasteiger partial charge is 0.469 e. The predicted octanol–water partition coefficient (Wildman–Crippen LogP) is -0.362. The molecule has 1 aliphatic rings. The van der Waals surface area contributed by atoms with Crippen LogP contribution in [-0.2, 0) is 47.7 Å². The molecule has 1 rings (SSSR count). The molecule has 0 unspecified atom stereocenters. The van der Waals surface area contributed by atoms with Crippen LogP contribution in [0.2, 0.25) is 0 Å². The van der Waals surface area contributed by atoms with E-state index in [1.807, 2.05) is 0 Å². The molecular weight excluding hydrogens is 390 g/mol. The Hall–Kier alpha value is -2.69. The van der Waals surface area contributed by atoms with Crippen molar-refractivity contribution in [2.75, 3.05) is 13.7 Å². The molecule has 164 valence electrons. The Morgan fingerprint density at radius 2 is 1.45 bits per heavy atom. The van der Waals surface area contributed by atoms with Gasteiger partial charge in [0.1, 0.15) is 12.7 Å². The smallest absolute Gasteiger partial charge is 0.305 e. The molecule has 11 heteroatoms. The lowest BCUT2D eigenvalue weighted by molar-refractivity contribution is -0.224. The number of rotatable bonds is 8. The highest BCUT2D eigenvalue weighted by atomic mass is 16.6. The number of carbonyl (C=O) groups excluding carboxylic acids is 5. The first-order chi connectivity index (χ1) is 13.5. The second kappa shape index (κ2) is 11.3. The number of esters is 4. The second-order valence-electron chi connectivity index (χ2n) is 6.50. The van der Waals surface area contributed by atoms with Crippen molar-refractivity contribution in [2.24, 2.45) is 0 Å². The fraction of sp³-hybridized carbons (Fsp3) is 0.722. The molecule has 0 radical (unpaired) electrons. The third-order valence-corrected chi connectivity index (χ3v) is 4.08. The third kappa shape index (κ3) is 8.06. The van der Waals surface area contributed by atoms with Crippen molar-refractivity contribution in [3.63, 3.8) is 0 Å². The van der Waals surface area contributed by atoms with E-state index < -0.39 is 60.2 Å². The maximum Gasteiger partial charge on any atom is 0.305 e. The maximum absolute atomic E-state index is 11.7. The summed E-state index contributed by atoms with van der Waals surface area (Å²) in [7, 11) is 1.23. The molecule has 0 aromatic carbocycles. The van der Waals surface area contributed by atoms with Crippen LogP contribution < -0.4 is 5.32 Å². The highest BCUT2D eigenvalue weighted by Gasteiger charge is 2.50. The van der Waals surface area contributed by atoms with Crippen molar-refractivity contribution in [2.45, 2.75) is 71.0 Å². The first kappa shape index (κ1) is 24.3. The van der Waals surface area contributed by atoms with E-state index in [1.165, 1.54) is 21.0 Å². The number of carbonyl (C=O) groups is 5. The molecule has 0 bridgehead atoms. The van der Waals surface area contributed by atoms with Gasteiger partial charge in [-0.05, 0) is 6.42 Å². The Kier molecular flexibility index (Phi) is 9.53. The maximum atomic E-state index is 11.7. The summed E-state index contributed by atoms with van der Waals surface area (Å²) in [5.41, 5.74) is 0. The Bertz CT molecular complexity index is 634. The molecule has 0 spiro atoms. The number of hydrogen-bond donors (Lipinski definition) is 1. The minimum absolute atomic E-state index is 0.0391. The van der Waals surface area contributed by atoms with E-state index in [4.69, 9.17) is 18.9 Å². The van der Waals surface area contributed by atoms with Crippen LogP contribution in [0.4, 0.5) is 0 Å². The fourth-order valence-corrected chi connectivity index (χ4v) is 3.03. The number of ether oxygens (including phenoxy) is 5. The van der Waals surface area contributed by atoms with Crippen LogP contribution in [0.1, 0.15) is 40.5 Å². The van der Waals surface area contributed by atoms with E-state index in [0.717, 1.165) is 13.8 Å². The summed E-state index contributed by atoms with van der Waals surface area (Å²) in [4.78, 5) is 57.8. The van der Waals surface area contributed by atoms with Gasteiger partial charge in [-0.15, -0.1) is 0 Å². The Morgan fingerprint density at radius 1 is 0.862 bits per heavy atom. The lowest BCUT2D eigenvalue weighted by Crippen LogP contribution is -2.66. The van der Waals surface area contributed by atoms with E-state index in [2.05, 4.69) is 10.1 Å². The van der Waals surface area contributed by atoms with Crippen molar-refractivity contribution < 1.29 is 47.7 Å². The van der Waals surface area contributed by atoms with Crippen molar-refractivity contribution in [1.82, 2.24) is 5.32 Å². The number of nitrogens with one attached hydrogen (secondary N) is 1. The van der Waals surface area contributed by atoms with Crippen LogP contribution in [0.3, 0.4) is 0 Å². The van der Waals surface area contributed by atoms with Gasteiger partial charge in [0.05, 0.1) is 19.3 Å². The topological polar surface area (TPSA) is 144 Å². The van der Waals surface area contributed by atoms with Gasteiger partial charge in [0.15, 0.2) is 12.2 Å². The van der Waals surface area contributed by atoms with Gasteiger partial charge >= 0.3 is 23.9 Å². The molecule has 1 fully saturated rings. The molecular formula is C18H27NO10. The van der Waals surface area contributed by atoms with Crippen molar-refractivity contribution in [3.05, 3.63) is 0 Å². The average molecular weight is 417 g/mol. The van der Waals surface area contributed by atoms with Gasteiger partial charge in [0.25, 0.3) is 0 Å². The molecule has 0 aliphatic carbocycles. The summed E-state index contributed by atoms with van der Waals surface area (Å²) in [6.07, 6.45) is -4.00. The first-order valence-electron chi connectivity index (χ1n) is 9.02.